The summed E-state index contributed by atoms with van der Waals surface area (Å²) in [4.78, 5) is 25.4. The lowest BCUT2D eigenvalue weighted by atomic mass is 10.1. The molecular formula is C17H22F2N2O2. The Morgan fingerprint density at radius 3 is 2.74 bits per heavy atom. The first-order chi connectivity index (χ1) is 10.9. The maximum Gasteiger partial charge on any atom is 0.243 e. The summed E-state index contributed by atoms with van der Waals surface area (Å²) in [5.74, 6) is -1.95. The van der Waals surface area contributed by atoms with Gasteiger partial charge < -0.3 is 10.2 Å². The molecular weight excluding hydrogens is 302 g/mol. The monoisotopic (exact) mass is 324 g/mol. The molecule has 2 amide bonds. The lowest BCUT2D eigenvalue weighted by Gasteiger charge is -2.24. The number of amides is 2. The van der Waals surface area contributed by atoms with Crippen molar-refractivity contribution < 1.29 is 18.4 Å². The van der Waals surface area contributed by atoms with Crippen LogP contribution in [-0.4, -0.2) is 35.3 Å². The lowest BCUT2D eigenvalue weighted by molar-refractivity contribution is -0.137. The summed E-state index contributed by atoms with van der Waals surface area (Å²) in [7, 11) is 0. The van der Waals surface area contributed by atoms with Crippen LogP contribution in [0.5, 0.6) is 0 Å². The summed E-state index contributed by atoms with van der Waals surface area (Å²) < 4.78 is 26.0. The first-order valence-corrected chi connectivity index (χ1v) is 7.90. The van der Waals surface area contributed by atoms with Crippen LogP contribution in [0.25, 0.3) is 0 Å². The van der Waals surface area contributed by atoms with Gasteiger partial charge in [-0.15, -0.1) is 0 Å². The zero-order valence-corrected chi connectivity index (χ0v) is 13.4. The molecule has 0 aromatic heterocycles. The number of likely N-dealkylation sites (tertiary alicyclic amines) is 1. The SMILES string of the molecule is CC(=O)N1CCC[C@H]1C(=O)N[C@@H](C)CCc1ccc(F)c(F)c1. The number of carbonyl (C=O) groups excluding carboxylic acids is 2. The fourth-order valence-electron chi connectivity index (χ4n) is 2.91. The van der Waals surface area contributed by atoms with Crippen molar-refractivity contribution in [2.24, 2.45) is 0 Å². The number of nitrogens with zero attached hydrogens (tertiary/aromatic N) is 1. The number of carbonyl (C=O) groups is 2. The molecule has 6 heteroatoms. The summed E-state index contributed by atoms with van der Waals surface area (Å²) in [6.07, 6.45) is 2.67. The van der Waals surface area contributed by atoms with Crippen LogP contribution in [0.2, 0.25) is 0 Å². The van der Waals surface area contributed by atoms with Crippen LogP contribution in [-0.2, 0) is 16.0 Å². The van der Waals surface area contributed by atoms with Crippen molar-refractivity contribution in [3.8, 4) is 0 Å². The topological polar surface area (TPSA) is 49.4 Å². The van der Waals surface area contributed by atoms with Crippen molar-refractivity contribution in [3.05, 3.63) is 35.4 Å². The van der Waals surface area contributed by atoms with Crippen molar-refractivity contribution in [2.45, 2.75) is 51.6 Å². The van der Waals surface area contributed by atoms with E-state index in [-0.39, 0.29) is 17.9 Å². The third kappa shape index (κ3) is 4.50. The number of rotatable bonds is 5. The molecule has 0 saturated carbocycles. The molecule has 2 atom stereocenters. The van der Waals surface area contributed by atoms with Crippen molar-refractivity contribution in [1.82, 2.24) is 10.2 Å². The number of nitrogens with one attached hydrogen (secondary N) is 1. The van der Waals surface area contributed by atoms with E-state index in [2.05, 4.69) is 5.32 Å². The van der Waals surface area contributed by atoms with Crippen LogP contribution in [0.15, 0.2) is 18.2 Å². The first-order valence-electron chi connectivity index (χ1n) is 7.90. The number of hydrogen-bond acceptors (Lipinski definition) is 2. The molecule has 1 aliphatic rings. The van der Waals surface area contributed by atoms with E-state index >= 15 is 0 Å². The largest absolute Gasteiger partial charge is 0.352 e. The van der Waals surface area contributed by atoms with Gasteiger partial charge in [0.15, 0.2) is 11.6 Å². The number of halogens is 2. The minimum Gasteiger partial charge on any atom is -0.352 e. The van der Waals surface area contributed by atoms with Crippen LogP contribution < -0.4 is 5.32 Å². The summed E-state index contributed by atoms with van der Waals surface area (Å²) in [5.41, 5.74) is 0.691. The molecule has 0 aliphatic carbocycles. The van der Waals surface area contributed by atoms with E-state index in [1.54, 1.807) is 11.0 Å². The second-order valence-corrected chi connectivity index (χ2v) is 6.07. The van der Waals surface area contributed by atoms with E-state index < -0.39 is 17.7 Å². The van der Waals surface area contributed by atoms with Gasteiger partial charge in [0, 0.05) is 19.5 Å². The molecule has 126 valence electrons. The molecule has 1 aliphatic heterocycles. The van der Waals surface area contributed by atoms with Gasteiger partial charge in [-0.2, -0.15) is 0 Å². The van der Waals surface area contributed by atoms with Crippen molar-refractivity contribution in [2.75, 3.05) is 6.54 Å². The van der Waals surface area contributed by atoms with E-state index in [1.165, 1.54) is 13.0 Å². The molecule has 2 rings (SSSR count). The number of benzene rings is 1. The van der Waals surface area contributed by atoms with Gasteiger partial charge in [0.1, 0.15) is 6.04 Å². The lowest BCUT2D eigenvalue weighted by Crippen LogP contribution is -2.47. The van der Waals surface area contributed by atoms with Crippen LogP contribution >= 0.6 is 0 Å². The van der Waals surface area contributed by atoms with Crippen LogP contribution in [0, 0.1) is 11.6 Å². The molecule has 0 spiro atoms. The van der Waals surface area contributed by atoms with Gasteiger partial charge in [-0.1, -0.05) is 6.07 Å². The Bertz CT molecular complexity index is 592. The van der Waals surface area contributed by atoms with E-state index in [1.807, 2.05) is 6.92 Å². The molecule has 0 unspecified atom stereocenters. The van der Waals surface area contributed by atoms with Gasteiger partial charge in [0.25, 0.3) is 0 Å². The second kappa shape index (κ2) is 7.53. The van der Waals surface area contributed by atoms with E-state index in [4.69, 9.17) is 0 Å². The summed E-state index contributed by atoms with van der Waals surface area (Å²) >= 11 is 0. The standard InChI is InChI=1S/C17H22F2N2O2/c1-11(5-6-13-7-8-14(18)15(19)10-13)20-17(23)16-4-3-9-21(16)12(2)22/h7-8,10-11,16H,3-6,9H2,1-2H3,(H,20,23)/t11-,16-/m0/s1. The predicted molar refractivity (Wildman–Crippen MR) is 82.7 cm³/mol. The molecule has 0 radical (unpaired) electrons. The normalized spacial score (nSPS) is 18.8. The highest BCUT2D eigenvalue weighted by Crippen LogP contribution is 2.18. The molecule has 1 aromatic carbocycles. The summed E-state index contributed by atoms with van der Waals surface area (Å²) in [6, 6.07) is 3.33. The van der Waals surface area contributed by atoms with E-state index in [0.29, 0.717) is 31.4 Å². The van der Waals surface area contributed by atoms with E-state index in [9.17, 15) is 18.4 Å². The fourth-order valence-corrected chi connectivity index (χ4v) is 2.91. The molecule has 1 aromatic rings. The number of hydrogen-bond donors (Lipinski definition) is 1. The highest BCUT2D eigenvalue weighted by molar-refractivity contribution is 5.87. The third-order valence-electron chi connectivity index (χ3n) is 4.20. The third-order valence-corrected chi connectivity index (χ3v) is 4.20. The maximum atomic E-state index is 13.2. The predicted octanol–water partition coefficient (Wildman–Crippen LogP) is 2.41. The highest BCUT2D eigenvalue weighted by atomic mass is 19.2. The minimum atomic E-state index is -0.861. The Kier molecular flexibility index (Phi) is 5.69. The molecule has 1 fully saturated rings. The smallest absolute Gasteiger partial charge is 0.243 e. The summed E-state index contributed by atoms with van der Waals surface area (Å²) in [6.45, 7) is 3.96. The molecule has 1 saturated heterocycles. The molecule has 0 bridgehead atoms. The van der Waals surface area contributed by atoms with Gasteiger partial charge in [-0.25, -0.2) is 8.78 Å². The zero-order chi connectivity index (χ0) is 17.0. The van der Waals surface area contributed by atoms with Crippen LogP contribution in [0.3, 0.4) is 0 Å². The second-order valence-electron chi connectivity index (χ2n) is 6.07. The molecule has 1 N–H and O–H groups in total. The first kappa shape index (κ1) is 17.4. The molecule has 23 heavy (non-hydrogen) atoms. The molecule has 4 nitrogen and oxygen atoms in total. The maximum absolute atomic E-state index is 13.2. The van der Waals surface area contributed by atoms with E-state index in [0.717, 1.165) is 12.5 Å². The zero-order valence-electron chi connectivity index (χ0n) is 13.4. The summed E-state index contributed by atoms with van der Waals surface area (Å²) in [5, 5.41) is 2.90. The van der Waals surface area contributed by atoms with Gasteiger partial charge in [0.2, 0.25) is 11.8 Å². The Hall–Kier alpha value is -1.98. The van der Waals surface area contributed by atoms with Gasteiger partial charge >= 0.3 is 0 Å². The van der Waals surface area contributed by atoms with Crippen molar-refractivity contribution >= 4 is 11.8 Å². The quantitative estimate of drug-likeness (QED) is 0.904. The van der Waals surface area contributed by atoms with Crippen molar-refractivity contribution in [1.29, 1.82) is 0 Å². The highest BCUT2D eigenvalue weighted by Gasteiger charge is 2.32. The van der Waals surface area contributed by atoms with Gasteiger partial charge in [-0.05, 0) is 50.3 Å². The Morgan fingerprint density at radius 2 is 2.09 bits per heavy atom. The van der Waals surface area contributed by atoms with Gasteiger partial charge in [-0.3, -0.25) is 9.59 Å². The Labute approximate surface area is 134 Å². The van der Waals surface area contributed by atoms with Crippen LogP contribution in [0.4, 0.5) is 8.78 Å². The molecule has 1 heterocycles. The Morgan fingerprint density at radius 1 is 1.35 bits per heavy atom. The average Bonchev–Trinajstić information content (AvgIpc) is 2.98. The average molecular weight is 324 g/mol. The fraction of sp³-hybridized carbons (Fsp3) is 0.529. The van der Waals surface area contributed by atoms with Crippen LogP contribution in [0.1, 0.15) is 38.7 Å². The minimum absolute atomic E-state index is 0.0860. The number of aryl methyl sites for hydroxylation is 1. The Balaban J connectivity index is 1.84. The van der Waals surface area contributed by atoms with Crippen molar-refractivity contribution in [3.63, 3.8) is 0 Å². The van der Waals surface area contributed by atoms with Gasteiger partial charge in [0.05, 0.1) is 0 Å².